The zero-order chi connectivity index (χ0) is 40.6. The van der Waals surface area contributed by atoms with Crippen molar-refractivity contribution in [3.8, 4) is 5.69 Å². The molecule has 1 N–H and O–H groups in total. The Morgan fingerprint density at radius 1 is 0.898 bits per heavy atom. The van der Waals surface area contributed by atoms with Crippen molar-refractivity contribution >= 4 is 22.8 Å². The van der Waals surface area contributed by atoms with E-state index in [1.807, 2.05) is 12.1 Å². The fraction of sp³-hybridized carbons (Fsp3) is 0.413. The van der Waals surface area contributed by atoms with Gasteiger partial charge in [-0.2, -0.15) is 0 Å². The minimum atomic E-state index is -0.775. The number of ether oxygens (including phenoxy) is 1. The predicted molar refractivity (Wildman–Crippen MR) is 221 cm³/mol. The molecule has 0 spiro atoms. The van der Waals surface area contributed by atoms with Crippen LogP contribution in [0.5, 0.6) is 0 Å². The summed E-state index contributed by atoms with van der Waals surface area (Å²) in [6.45, 7) is 8.80. The number of aryl methyl sites for hydroxylation is 2. The van der Waals surface area contributed by atoms with E-state index in [4.69, 9.17) is 14.2 Å². The third-order valence-corrected chi connectivity index (χ3v) is 13.5. The summed E-state index contributed by atoms with van der Waals surface area (Å²) in [4.78, 5) is 54.1. The lowest BCUT2D eigenvalue weighted by molar-refractivity contribution is 0.0717. The van der Waals surface area contributed by atoms with Crippen LogP contribution in [-0.4, -0.2) is 67.9 Å². The first-order valence-electron chi connectivity index (χ1n) is 20.9. The number of fused-ring (bicyclic) bond motifs is 2. The molecule has 3 aliphatic heterocycles. The number of nitrogens with zero attached hydrogens (tertiary/aromatic N) is 6. The molecule has 1 amide bonds. The van der Waals surface area contributed by atoms with Crippen LogP contribution in [0.3, 0.4) is 0 Å². The van der Waals surface area contributed by atoms with Crippen LogP contribution in [0, 0.1) is 25.6 Å². The summed E-state index contributed by atoms with van der Waals surface area (Å²) < 4.78 is 29.3. The lowest BCUT2D eigenvalue weighted by atomic mass is 9.89. The maximum atomic E-state index is 15.1. The van der Waals surface area contributed by atoms with E-state index in [1.54, 1.807) is 35.4 Å². The van der Waals surface area contributed by atoms with Gasteiger partial charge in [0.15, 0.2) is 5.82 Å². The molecule has 1 aliphatic carbocycles. The van der Waals surface area contributed by atoms with E-state index < -0.39 is 11.3 Å². The number of aromatic nitrogens is 5. The molecule has 0 radical (unpaired) electrons. The standard InChI is InChI=1S/C46H48FN7O5/c1-27-21-35(22-28(2)40(27)47)53-41(55)36-13-18-52(26-37(36)48-44(53)51-16-11-31(12-17-51)30-7-5-4-6-8-30)42(56)39-24-34-23-33(32-14-19-58-20-15-32)9-10-38(34)54(39)46(25-29(46)3)43-49-45(57)59-50-43/h4-10,21-24,29,31-32H,11-20,25-26H2,1-3H3,(H,49,50,57)/t29-,46-/m0/s1. The molecule has 6 heterocycles. The van der Waals surface area contributed by atoms with Crippen molar-refractivity contribution in [1.29, 1.82) is 0 Å². The Morgan fingerprint density at radius 3 is 2.29 bits per heavy atom. The minimum Gasteiger partial charge on any atom is -0.381 e. The second-order valence-corrected chi connectivity index (χ2v) is 17.1. The average Bonchev–Trinajstić information content (AvgIpc) is 3.53. The van der Waals surface area contributed by atoms with E-state index in [1.165, 1.54) is 11.1 Å². The molecule has 304 valence electrons. The monoisotopic (exact) mass is 797 g/mol. The van der Waals surface area contributed by atoms with Crippen LogP contribution in [0.25, 0.3) is 16.6 Å². The van der Waals surface area contributed by atoms with E-state index in [9.17, 15) is 14.0 Å². The molecule has 3 aromatic heterocycles. The molecule has 2 saturated heterocycles. The van der Waals surface area contributed by atoms with Gasteiger partial charge in [-0.25, -0.2) is 18.7 Å². The molecule has 0 unspecified atom stereocenters. The first kappa shape index (κ1) is 37.5. The van der Waals surface area contributed by atoms with Gasteiger partial charge in [-0.15, -0.1) is 0 Å². The van der Waals surface area contributed by atoms with E-state index in [0.717, 1.165) is 49.8 Å². The highest BCUT2D eigenvalue weighted by Crippen LogP contribution is 2.56. The Bertz CT molecular complexity index is 2700. The number of amides is 1. The molecule has 12 nitrogen and oxygen atoms in total. The number of nitrogens with one attached hydrogen (secondary N) is 1. The smallest absolute Gasteiger partial charge is 0.381 e. The number of anilines is 1. The molecule has 0 bridgehead atoms. The molecule has 4 aliphatic rings. The summed E-state index contributed by atoms with van der Waals surface area (Å²) in [5.41, 5.74) is 5.54. The van der Waals surface area contributed by atoms with E-state index in [-0.39, 0.29) is 29.7 Å². The predicted octanol–water partition coefficient (Wildman–Crippen LogP) is 6.88. The van der Waals surface area contributed by atoms with Crippen LogP contribution in [-0.2, 0) is 23.2 Å². The Balaban J connectivity index is 1.04. The maximum absolute atomic E-state index is 15.1. The summed E-state index contributed by atoms with van der Waals surface area (Å²) in [5, 5.41) is 5.09. The van der Waals surface area contributed by atoms with Crippen LogP contribution < -0.4 is 16.2 Å². The van der Waals surface area contributed by atoms with Crippen molar-refractivity contribution < 1.29 is 18.4 Å². The summed E-state index contributed by atoms with van der Waals surface area (Å²) in [7, 11) is 0. The molecule has 2 atom stereocenters. The van der Waals surface area contributed by atoms with Gasteiger partial charge in [-0.3, -0.25) is 19.1 Å². The lowest BCUT2D eigenvalue weighted by Crippen LogP contribution is -2.44. The van der Waals surface area contributed by atoms with Gasteiger partial charge in [0.1, 0.15) is 17.1 Å². The number of aromatic amines is 1. The normalized spacial score (nSPS) is 21.3. The largest absolute Gasteiger partial charge is 0.438 e. The van der Waals surface area contributed by atoms with Gasteiger partial charge in [0.2, 0.25) is 5.95 Å². The number of carbonyl (C=O) groups excluding carboxylic acids is 1. The Hall–Kier alpha value is -5.82. The SMILES string of the molecule is Cc1cc(-n2c(N3CCC(c4ccccc4)CC3)nc3c(c2=O)CCN(C(=O)c2cc4cc(C5CCOCC5)ccc4n2[C@@]2(c4noc(=O)[nH]4)C[C@@H]2C)C3)cc(C)c1F. The number of H-pyrrole nitrogens is 1. The van der Waals surface area contributed by atoms with Crippen molar-refractivity contribution in [2.45, 2.75) is 83.2 Å². The molecule has 6 aromatic rings. The highest BCUT2D eigenvalue weighted by atomic mass is 19.1. The van der Waals surface area contributed by atoms with Gasteiger partial charge >= 0.3 is 5.76 Å². The Morgan fingerprint density at radius 2 is 1.61 bits per heavy atom. The highest BCUT2D eigenvalue weighted by Gasteiger charge is 2.59. The molecule has 3 fully saturated rings. The van der Waals surface area contributed by atoms with Crippen molar-refractivity contribution in [1.82, 2.24) is 29.2 Å². The number of halogens is 1. The number of hydrogen-bond donors (Lipinski definition) is 1. The van der Waals surface area contributed by atoms with Gasteiger partial charge in [0, 0.05) is 49.3 Å². The highest BCUT2D eigenvalue weighted by molar-refractivity contribution is 5.99. The molecule has 10 rings (SSSR count). The molecule has 59 heavy (non-hydrogen) atoms. The minimum absolute atomic E-state index is 0.0649. The van der Waals surface area contributed by atoms with Gasteiger partial charge in [-0.05, 0) is 123 Å². The molecular formula is C46H48FN7O5. The van der Waals surface area contributed by atoms with E-state index in [2.05, 4.69) is 69.0 Å². The summed E-state index contributed by atoms with van der Waals surface area (Å²) in [5.74, 6) is 0.608. The van der Waals surface area contributed by atoms with Gasteiger partial charge in [-0.1, -0.05) is 48.5 Å². The molecule has 13 heteroatoms. The van der Waals surface area contributed by atoms with Gasteiger partial charge in [0.05, 0.1) is 17.9 Å². The van der Waals surface area contributed by atoms with Crippen LogP contribution in [0.2, 0.25) is 0 Å². The topological polar surface area (TPSA) is 131 Å². The summed E-state index contributed by atoms with van der Waals surface area (Å²) in [6, 6.07) is 22.3. The number of benzene rings is 3. The zero-order valence-corrected chi connectivity index (χ0v) is 33.7. The zero-order valence-electron chi connectivity index (χ0n) is 33.7. The number of piperidine rings is 1. The van der Waals surface area contributed by atoms with Crippen molar-refractivity contribution in [2.24, 2.45) is 5.92 Å². The second-order valence-electron chi connectivity index (χ2n) is 17.1. The van der Waals surface area contributed by atoms with Crippen molar-refractivity contribution in [2.75, 3.05) is 37.7 Å². The fourth-order valence-corrected chi connectivity index (χ4v) is 10.1. The Kier molecular flexibility index (Phi) is 9.19. The number of rotatable bonds is 7. The van der Waals surface area contributed by atoms with Crippen LogP contribution in [0.1, 0.15) is 101 Å². The molecular weight excluding hydrogens is 750 g/mol. The van der Waals surface area contributed by atoms with Crippen molar-refractivity contribution in [3.05, 3.63) is 138 Å². The van der Waals surface area contributed by atoms with Crippen LogP contribution in [0.15, 0.2) is 80.8 Å². The second kappa shape index (κ2) is 14.5. The van der Waals surface area contributed by atoms with Gasteiger partial charge in [0.25, 0.3) is 11.5 Å². The first-order chi connectivity index (χ1) is 28.6. The van der Waals surface area contributed by atoms with E-state index in [0.29, 0.717) is 89.9 Å². The number of carbonyl (C=O) groups is 1. The van der Waals surface area contributed by atoms with Gasteiger partial charge < -0.3 is 19.1 Å². The summed E-state index contributed by atoms with van der Waals surface area (Å²) >= 11 is 0. The summed E-state index contributed by atoms with van der Waals surface area (Å²) in [6.07, 6.45) is 4.64. The molecule has 1 saturated carbocycles. The lowest BCUT2D eigenvalue weighted by Gasteiger charge is -2.36. The number of hydrogen-bond acceptors (Lipinski definition) is 8. The fourth-order valence-electron chi connectivity index (χ4n) is 10.1. The van der Waals surface area contributed by atoms with Crippen molar-refractivity contribution in [3.63, 3.8) is 0 Å². The first-order valence-corrected chi connectivity index (χ1v) is 20.9. The third kappa shape index (κ3) is 6.32. The Labute approximate surface area is 340 Å². The average molecular weight is 798 g/mol. The molecule has 3 aromatic carbocycles. The quantitative estimate of drug-likeness (QED) is 0.185. The van der Waals surface area contributed by atoms with Crippen LogP contribution >= 0.6 is 0 Å². The third-order valence-electron chi connectivity index (χ3n) is 13.5. The van der Waals surface area contributed by atoms with Crippen LogP contribution in [0.4, 0.5) is 10.3 Å². The maximum Gasteiger partial charge on any atom is 0.438 e. The van der Waals surface area contributed by atoms with E-state index >= 15 is 4.79 Å².